The zero-order valence-corrected chi connectivity index (χ0v) is 12.2. The van der Waals surface area contributed by atoms with Crippen molar-refractivity contribution < 1.29 is 4.74 Å². The molecular weight excluding hydrogens is 242 g/mol. The Kier molecular flexibility index (Phi) is 3.48. The van der Waals surface area contributed by atoms with E-state index in [-0.39, 0.29) is 0 Å². The van der Waals surface area contributed by atoms with Crippen molar-refractivity contribution in [1.82, 2.24) is 5.32 Å². The van der Waals surface area contributed by atoms with Gasteiger partial charge in [-0.15, -0.1) is 0 Å². The number of nitrogens with one attached hydrogen (secondary N) is 1. The van der Waals surface area contributed by atoms with E-state index in [1.807, 2.05) is 11.3 Å². The summed E-state index contributed by atoms with van der Waals surface area (Å²) in [5, 5.41) is 8.28. The van der Waals surface area contributed by atoms with Crippen LogP contribution in [0.4, 0.5) is 0 Å². The summed E-state index contributed by atoms with van der Waals surface area (Å²) in [4.78, 5) is 0. The predicted octanol–water partition coefficient (Wildman–Crippen LogP) is 3.49. The van der Waals surface area contributed by atoms with Gasteiger partial charge in [0.1, 0.15) is 0 Å². The molecule has 0 aliphatic heterocycles. The van der Waals surface area contributed by atoms with Crippen LogP contribution in [0.5, 0.6) is 0 Å². The highest BCUT2D eigenvalue weighted by atomic mass is 32.1. The van der Waals surface area contributed by atoms with Crippen LogP contribution in [0, 0.1) is 12.3 Å². The number of hydrogen-bond donors (Lipinski definition) is 1. The van der Waals surface area contributed by atoms with Crippen LogP contribution in [0.25, 0.3) is 0 Å². The van der Waals surface area contributed by atoms with E-state index in [4.69, 9.17) is 4.74 Å². The molecule has 2 unspecified atom stereocenters. The minimum atomic E-state index is 0.486. The third kappa shape index (κ3) is 1.93. The summed E-state index contributed by atoms with van der Waals surface area (Å²) in [5.41, 5.74) is 3.38. The van der Waals surface area contributed by atoms with Gasteiger partial charge in [0.15, 0.2) is 0 Å². The van der Waals surface area contributed by atoms with E-state index in [0.717, 1.165) is 13.2 Å². The Morgan fingerprint density at radius 3 is 2.83 bits per heavy atom. The van der Waals surface area contributed by atoms with Gasteiger partial charge in [-0.2, -0.15) is 11.3 Å². The summed E-state index contributed by atoms with van der Waals surface area (Å²) in [6.07, 6.45) is 5.84. The van der Waals surface area contributed by atoms with Crippen LogP contribution in [0.1, 0.15) is 43.7 Å². The van der Waals surface area contributed by atoms with Gasteiger partial charge in [0.05, 0.1) is 6.10 Å². The molecule has 2 fully saturated rings. The highest BCUT2D eigenvalue weighted by molar-refractivity contribution is 7.08. The molecule has 1 heterocycles. The third-order valence-corrected chi connectivity index (χ3v) is 5.85. The van der Waals surface area contributed by atoms with Crippen LogP contribution in [0.2, 0.25) is 0 Å². The third-order valence-electron chi connectivity index (χ3n) is 4.94. The minimum absolute atomic E-state index is 0.486. The van der Waals surface area contributed by atoms with Gasteiger partial charge in [0, 0.05) is 24.6 Å². The molecule has 1 spiro atoms. The molecule has 3 rings (SSSR count). The molecule has 2 atom stereocenters. The highest BCUT2D eigenvalue weighted by Crippen LogP contribution is 2.57. The normalized spacial score (nSPS) is 29.0. The number of ether oxygens (including phenoxy) is 1. The molecule has 0 bridgehead atoms. The van der Waals surface area contributed by atoms with Gasteiger partial charge >= 0.3 is 0 Å². The van der Waals surface area contributed by atoms with Gasteiger partial charge in [0.25, 0.3) is 0 Å². The average molecular weight is 265 g/mol. The Labute approximate surface area is 114 Å². The van der Waals surface area contributed by atoms with E-state index in [1.54, 1.807) is 0 Å². The minimum Gasteiger partial charge on any atom is -0.378 e. The summed E-state index contributed by atoms with van der Waals surface area (Å²) < 4.78 is 5.89. The van der Waals surface area contributed by atoms with E-state index in [0.29, 0.717) is 17.6 Å². The van der Waals surface area contributed by atoms with Crippen LogP contribution in [-0.4, -0.2) is 18.8 Å². The van der Waals surface area contributed by atoms with Gasteiger partial charge in [-0.05, 0) is 55.0 Å². The maximum Gasteiger partial charge on any atom is 0.0661 e. The van der Waals surface area contributed by atoms with E-state index in [1.165, 1.54) is 36.8 Å². The SMILES string of the molecule is CCOC1CC(NCc2cscc2C)C12CCC2. The second kappa shape index (κ2) is 4.95. The van der Waals surface area contributed by atoms with Crippen molar-refractivity contribution in [2.45, 2.75) is 58.2 Å². The number of rotatable bonds is 5. The fourth-order valence-electron chi connectivity index (χ4n) is 3.53. The quantitative estimate of drug-likeness (QED) is 0.880. The Morgan fingerprint density at radius 1 is 1.44 bits per heavy atom. The summed E-state index contributed by atoms with van der Waals surface area (Å²) in [5.74, 6) is 0. The van der Waals surface area contributed by atoms with E-state index < -0.39 is 0 Å². The number of hydrogen-bond acceptors (Lipinski definition) is 3. The molecule has 1 aromatic heterocycles. The van der Waals surface area contributed by atoms with Crippen molar-refractivity contribution in [2.24, 2.45) is 5.41 Å². The van der Waals surface area contributed by atoms with Crippen molar-refractivity contribution in [3.63, 3.8) is 0 Å². The Balaban J connectivity index is 1.57. The second-order valence-electron chi connectivity index (χ2n) is 5.78. The Bertz CT molecular complexity index is 410. The molecule has 18 heavy (non-hydrogen) atoms. The van der Waals surface area contributed by atoms with Gasteiger partial charge in [-0.3, -0.25) is 0 Å². The fraction of sp³-hybridized carbons (Fsp3) is 0.733. The molecule has 2 nitrogen and oxygen atoms in total. The lowest BCUT2D eigenvalue weighted by Crippen LogP contribution is -2.66. The first-order valence-electron chi connectivity index (χ1n) is 7.13. The maximum atomic E-state index is 5.89. The molecule has 3 heteroatoms. The summed E-state index contributed by atoms with van der Waals surface area (Å²) in [6, 6.07) is 0.682. The molecule has 100 valence electrons. The molecule has 0 saturated heterocycles. The topological polar surface area (TPSA) is 21.3 Å². The molecule has 1 aromatic rings. The van der Waals surface area contributed by atoms with E-state index in [2.05, 4.69) is 29.9 Å². The number of thiophene rings is 1. The maximum absolute atomic E-state index is 5.89. The van der Waals surface area contributed by atoms with Crippen molar-refractivity contribution in [1.29, 1.82) is 0 Å². The molecular formula is C15H23NOS. The summed E-state index contributed by atoms with van der Waals surface area (Å²) in [6.45, 7) is 6.21. The van der Waals surface area contributed by atoms with Gasteiger partial charge in [-0.1, -0.05) is 6.42 Å². The molecule has 1 N–H and O–H groups in total. The van der Waals surface area contributed by atoms with Crippen LogP contribution in [-0.2, 0) is 11.3 Å². The fourth-order valence-corrected chi connectivity index (χ4v) is 4.38. The van der Waals surface area contributed by atoms with Gasteiger partial charge in [-0.25, -0.2) is 0 Å². The average Bonchev–Trinajstić information content (AvgIpc) is 2.66. The van der Waals surface area contributed by atoms with E-state index in [9.17, 15) is 0 Å². The van der Waals surface area contributed by atoms with Crippen LogP contribution < -0.4 is 5.32 Å². The van der Waals surface area contributed by atoms with Gasteiger partial charge < -0.3 is 10.1 Å². The zero-order chi connectivity index (χ0) is 12.6. The lowest BCUT2D eigenvalue weighted by atomic mass is 9.51. The van der Waals surface area contributed by atoms with Gasteiger partial charge in [0.2, 0.25) is 0 Å². The lowest BCUT2D eigenvalue weighted by molar-refractivity contribution is -0.173. The molecule has 0 radical (unpaired) electrons. The monoisotopic (exact) mass is 265 g/mol. The first-order chi connectivity index (χ1) is 8.76. The van der Waals surface area contributed by atoms with Crippen molar-refractivity contribution in [3.8, 4) is 0 Å². The Hall–Kier alpha value is -0.380. The summed E-state index contributed by atoms with van der Waals surface area (Å²) >= 11 is 1.81. The standard InChI is InChI=1S/C15H23NOS/c1-3-17-14-7-13(15(14)5-4-6-15)16-8-12-10-18-9-11(12)2/h9-10,13-14,16H,3-8H2,1-2H3. The van der Waals surface area contributed by atoms with E-state index >= 15 is 0 Å². The van der Waals surface area contributed by atoms with Crippen LogP contribution >= 0.6 is 11.3 Å². The van der Waals surface area contributed by atoms with Crippen LogP contribution in [0.15, 0.2) is 10.8 Å². The first kappa shape index (κ1) is 12.6. The van der Waals surface area contributed by atoms with Crippen molar-refractivity contribution in [2.75, 3.05) is 6.61 Å². The number of aryl methyl sites for hydroxylation is 1. The largest absolute Gasteiger partial charge is 0.378 e. The van der Waals surface area contributed by atoms with Crippen LogP contribution in [0.3, 0.4) is 0 Å². The molecule has 0 amide bonds. The van der Waals surface area contributed by atoms with Crippen molar-refractivity contribution >= 4 is 11.3 Å². The molecule has 2 aliphatic carbocycles. The lowest BCUT2D eigenvalue weighted by Gasteiger charge is -2.61. The molecule has 2 saturated carbocycles. The predicted molar refractivity (Wildman–Crippen MR) is 76.0 cm³/mol. The molecule has 0 aromatic carbocycles. The Morgan fingerprint density at radius 2 is 2.28 bits per heavy atom. The smallest absolute Gasteiger partial charge is 0.0661 e. The van der Waals surface area contributed by atoms with Crippen molar-refractivity contribution in [3.05, 3.63) is 21.9 Å². The highest BCUT2D eigenvalue weighted by Gasteiger charge is 2.58. The molecule has 2 aliphatic rings. The second-order valence-corrected chi connectivity index (χ2v) is 6.52. The summed E-state index contributed by atoms with van der Waals surface area (Å²) in [7, 11) is 0. The zero-order valence-electron chi connectivity index (χ0n) is 11.4. The first-order valence-corrected chi connectivity index (χ1v) is 8.07.